The van der Waals surface area contributed by atoms with Gasteiger partial charge >= 0.3 is 5.97 Å². The van der Waals surface area contributed by atoms with E-state index < -0.39 is 16.8 Å². The fraction of sp³-hybridized carbons (Fsp3) is 0.368. The molecule has 1 heterocycles. The van der Waals surface area contributed by atoms with E-state index in [4.69, 9.17) is 4.74 Å². The Morgan fingerprint density at radius 1 is 1.33 bits per heavy atom. The van der Waals surface area contributed by atoms with Crippen molar-refractivity contribution in [3.8, 4) is 0 Å². The largest absolute Gasteiger partial charge is 0.462 e. The number of nitrogens with one attached hydrogen (secondary N) is 1. The Morgan fingerprint density at radius 3 is 2.63 bits per heavy atom. The van der Waals surface area contributed by atoms with Crippen molar-refractivity contribution in [1.29, 1.82) is 0 Å². The number of nitrogens with zero attached hydrogens (tertiary/aromatic N) is 1. The SMILES string of the molecule is CCOC(=O)c1c(CC(C)C)csc1NC(=O)c1ccc(C)c([N+](=O)[O-])c1. The third-order valence-corrected chi connectivity index (χ3v) is 4.81. The maximum absolute atomic E-state index is 12.6. The number of anilines is 1. The molecule has 27 heavy (non-hydrogen) atoms. The zero-order valence-electron chi connectivity index (χ0n) is 15.7. The van der Waals surface area contributed by atoms with E-state index in [0.717, 1.165) is 5.56 Å². The first-order valence-corrected chi connectivity index (χ1v) is 9.46. The molecule has 8 heteroatoms. The van der Waals surface area contributed by atoms with Gasteiger partial charge in [0.25, 0.3) is 11.6 Å². The quantitative estimate of drug-likeness (QED) is 0.423. The molecule has 0 spiro atoms. The van der Waals surface area contributed by atoms with Crippen LogP contribution in [0.5, 0.6) is 0 Å². The van der Waals surface area contributed by atoms with Crippen molar-refractivity contribution in [3.63, 3.8) is 0 Å². The Bertz CT molecular complexity index is 873. The lowest BCUT2D eigenvalue weighted by atomic mass is 10.0. The number of thiophene rings is 1. The Morgan fingerprint density at radius 2 is 2.04 bits per heavy atom. The summed E-state index contributed by atoms with van der Waals surface area (Å²) in [6.07, 6.45) is 0.677. The molecule has 0 bridgehead atoms. The number of esters is 1. The molecule has 0 radical (unpaired) electrons. The lowest BCUT2D eigenvalue weighted by molar-refractivity contribution is -0.385. The number of carbonyl (C=O) groups excluding carboxylic acids is 2. The van der Waals surface area contributed by atoms with Gasteiger partial charge in [0.1, 0.15) is 5.00 Å². The Labute approximate surface area is 161 Å². The van der Waals surface area contributed by atoms with Gasteiger partial charge in [-0.3, -0.25) is 14.9 Å². The van der Waals surface area contributed by atoms with E-state index in [-0.39, 0.29) is 17.9 Å². The maximum Gasteiger partial charge on any atom is 0.341 e. The molecule has 144 valence electrons. The summed E-state index contributed by atoms with van der Waals surface area (Å²) in [5.41, 5.74) is 1.67. The van der Waals surface area contributed by atoms with E-state index >= 15 is 0 Å². The number of nitro groups is 1. The number of carbonyl (C=O) groups is 2. The highest BCUT2D eigenvalue weighted by molar-refractivity contribution is 7.15. The van der Waals surface area contributed by atoms with Crippen LogP contribution in [-0.2, 0) is 11.2 Å². The van der Waals surface area contributed by atoms with Crippen LogP contribution in [0.2, 0.25) is 0 Å². The van der Waals surface area contributed by atoms with E-state index in [9.17, 15) is 19.7 Å². The van der Waals surface area contributed by atoms with Crippen LogP contribution in [0.3, 0.4) is 0 Å². The van der Waals surface area contributed by atoms with Crippen LogP contribution in [0.4, 0.5) is 10.7 Å². The first kappa shape index (κ1) is 20.6. The normalized spacial score (nSPS) is 10.7. The number of hydrogen-bond donors (Lipinski definition) is 1. The summed E-state index contributed by atoms with van der Waals surface area (Å²) in [6, 6.07) is 4.28. The number of amides is 1. The van der Waals surface area contributed by atoms with Crippen LogP contribution in [0.25, 0.3) is 0 Å². The molecule has 1 amide bonds. The summed E-state index contributed by atoms with van der Waals surface area (Å²) in [5, 5.41) is 16.0. The highest BCUT2D eigenvalue weighted by Crippen LogP contribution is 2.31. The fourth-order valence-corrected chi connectivity index (χ4v) is 3.58. The molecule has 0 aliphatic heterocycles. The minimum absolute atomic E-state index is 0.125. The zero-order chi connectivity index (χ0) is 20.1. The highest BCUT2D eigenvalue weighted by Gasteiger charge is 2.23. The Kier molecular flexibility index (Phi) is 6.68. The average Bonchev–Trinajstić information content (AvgIpc) is 2.96. The summed E-state index contributed by atoms with van der Waals surface area (Å²) >= 11 is 1.24. The minimum atomic E-state index is -0.526. The van der Waals surface area contributed by atoms with Crippen LogP contribution in [-0.4, -0.2) is 23.4 Å². The van der Waals surface area contributed by atoms with Crippen molar-refractivity contribution in [3.05, 3.63) is 55.9 Å². The molecular weight excluding hydrogens is 368 g/mol. The number of aryl methyl sites for hydroxylation is 1. The van der Waals surface area contributed by atoms with Crippen LogP contribution in [0, 0.1) is 23.0 Å². The van der Waals surface area contributed by atoms with Gasteiger partial charge in [-0.2, -0.15) is 0 Å². The van der Waals surface area contributed by atoms with E-state index in [0.29, 0.717) is 28.5 Å². The van der Waals surface area contributed by atoms with E-state index in [1.807, 2.05) is 19.2 Å². The molecule has 7 nitrogen and oxygen atoms in total. The predicted molar refractivity (Wildman–Crippen MR) is 105 cm³/mol. The Balaban J connectivity index is 2.35. The molecule has 0 aliphatic rings. The summed E-state index contributed by atoms with van der Waals surface area (Å²) < 4.78 is 5.13. The third kappa shape index (κ3) is 4.91. The number of ether oxygens (including phenoxy) is 1. The molecule has 1 aromatic carbocycles. The summed E-state index contributed by atoms with van der Waals surface area (Å²) in [6.45, 7) is 7.63. The molecule has 0 atom stereocenters. The monoisotopic (exact) mass is 390 g/mol. The van der Waals surface area contributed by atoms with Crippen molar-refractivity contribution in [2.75, 3.05) is 11.9 Å². The fourth-order valence-electron chi connectivity index (χ4n) is 2.63. The van der Waals surface area contributed by atoms with Gasteiger partial charge in [-0.05, 0) is 43.2 Å². The molecule has 1 aromatic heterocycles. The van der Waals surface area contributed by atoms with Gasteiger partial charge in [-0.15, -0.1) is 11.3 Å². The number of rotatable bonds is 7. The van der Waals surface area contributed by atoms with E-state index in [2.05, 4.69) is 5.32 Å². The van der Waals surface area contributed by atoms with Crippen LogP contribution < -0.4 is 5.32 Å². The molecule has 0 saturated heterocycles. The topological polar surface area (TPSA) is 98.5 Å². The van der Waals surface area contributed by atoms with Crippen LogP contribution in [0.1, 0.15) is 52.6 Å². The molecule has 0 saturated carbocycles. The molecule has 2 aromatic rings. The predicted octanol–water partition coefficient (Wildman–Crippen LogP) is 4.59. The van der Waals surface area contributed by atoms with Crippen molar-refractivity contribution in [2.45, 2.75) is 34.1 Å². The first-order chi connectivity index (χ1) is 12.7. The van der Waals surface area contributed by atoms with Crippen LogP contribution in [0.15, 0.2) is 23.6 Å². The van der Waals surface area contributed by atoms with Gasteiger partial charge < -0.3 is 10.1 Å². The van der Waals surface area contributed by atoms with Gasteiger partial charge in [-0.25, -0.2) is 4.79 Å². The van der Waals surface area contributed by atoms with Crippen molar-refractivity contribution < 1.29 is 19.2 Å². The van der Waals surface area contributed by atoms with Crippen molar-refractivity contribution in [1.82, 2.24) is 0 Å². The lowest BCUT2D eigenvalue weighted by Gasteiger charge is -2.10. The lowest BCUT2D eigenvalue weighted by Crippen LogP contribution is -2.16. The van der Waals surface area contributed by atoms with Gasteiger partial charge in [-0.1, -0.05) is 19.9 Å². The number of nitro benzene ring substituents is 1. The molecule has 0 fully saturated rings. The maximum atomic E-state index is 12.6. The van der Waals surface area contributed by atoms with E-state index in [1.165, 1.54) is 29.5 Å². The second kappa shape index (κ2) is 8.77. The van der Waals surface area contributed by atoms with Gasteiger partial charge in [0.2, 0.25) is 0 Å². The molecule has 0 unspecified atom stereocenters. The molecule has 0 aliphatic carbocycles. The standard InChI is InChI=1S/C19H22N2O5S/c1-5-26-19(23)16-14(8-11(2)3)10-27-18(16)20-17(22)13-7-6-12(4)15(9-13)21(24)25/h6-7,9-11H,5,8H2,1-4H3,(H,20,22). The smallest absolute Gasteiger partial charge is 0.341 e. The molecule has 2 rings (SSSR count). The minimum Gasteiger partial charge on any atom is -0.462 e. The van der Waals surface area contributed by atoms with Gasteiger partial charge in [0.15, 0.2) is 0 Å². The number of hydrogen-bond acceptors (Lipinski definition) is 6. The summed E-state index contributed by atoms with van der Waals surface area (Å²) in [7, 11) is 0. The second-order valence-corrected chi connectivity index (χ2v) is 7.38. The average molecular weight is 390 g/mol. The van der Waals surface area contributed by atoms with Crippen molar-refractivity contribution in [2.24, 2.45) is 5.92 Å². The van der Waals surface area contributed by atoms with Crippen molar-refractivity contribution >= 4 is 33.9 Å². The van der Waals surface area contributed by atoms with Gasteiger partial charge in [0, 0.05) is 17.2 Å². The second-order valence-electron chi connectivity index (χ2n) is 6.50. The summed E-state index contributed by atoms with van der Waals surface area (Å²) in [5.74, 6) is -0.669. The van der Waals surface area contributed by atoms with Crippen LogP contribution >= 0.6 is 11.3 Å². The third-order valence-electron chi connectivity index (χ3n) is 3.87. The number of benzene rings is 1. The highest BCUT2D eigenvalue weighted by atomic mass is 32.1. The Hall–Kier alpha value is -2.74. The summed E-state index contributed by atoms with van der Waals surface area (Å²) in [4.78, 5) is 35.5. The molecular formula is C19H22N2O5S. The first-order valence-electron chi connectivity index (χ1n) is 8.58. The van der Waals surface area contributed by atoms with E-state index in [1.54, 1.807) is 13.8 Å². The van der Waals surface area contributed by atoms with Gasteiger partial charge in [0.05, 0.1) is 17.1 Å². The zero-order valence-corrected chi connectivity index (χ0v) is 16.5. The molecule has 1 N–H and O–H groups in total.